The number of likely N-dealkylation sites (tertiary alicyclic amines) is 1. The minimum absolute atomic E-state index is 0.116. The zero-order chi connectivity index (χ0) is 12.6. The summed E-state index contributed by atoms with van der Waals surface area (Å²) in [5.74, 6) is 0.161. The molecule has 17 heavy (non-hydrogen) atoms. The van der Waals surface area contributed by atoms with Gasteiger partial charge in [0.25, 0.3) is 0 Å². The highest BCUT2D eigenvalue weighted by molar-refractivity contribution is 7.12. The molecule has 0 radical (unpaired) electrons. The molecule has 0 amide bonds. The zero-order valence-electron chi connectivity index (χ0n) is 9.84. The van der Waals surface area contributed by atoms with Crippen molar-refractivity contribution >= 4 is 11.3 Å². The number of rotatable bonds is 1. The lowest BCUT2D eigenvalue weighted by Gasteiger charge is -2.28. The maximum atomic E-state index is 12.7. The van der Waals surface area contributed by atoms with E-state index in [2.05, 4.69) is 9.88 Å². The van der Waals surface area contributed by atoms with Crippen molar-refractivity contribution < 1.29 is 13.2 Å². The van der Waals surface area contributed by atoms with Gasteiger partial charge in [0.15, 0.2) is 0 Å². The summed E-state index contributed by atoms with van der Waals surface area (Å²) < 4.78 is 38.0. The minimum atomic E-state index is -4.26. The molecule has 0 spiro atoms. The number of aryl methyl sites for hydroxylation is 1. The Bertz CT molecular complexity index is 400. The Hall–Kier alpha value is -0.620. The van der Waals surface area contributed by atoms with Gasteiger partial charge in [-0.05, 0) is 33.4 Å². The van der Waals surface area contributed by atoms with E-state index in [1.165, 1.54) is 6.92 Å². The number of thiazole rings is 1. The molecule has 0 saturated carbocycles. The Morgan fingerprint density at radius 1 is 1.41 bits per heavy atom. The molecule has 2 rings (SSSR count). The molecule has 1 aromatic rings. The van der Waals surface area contributed by atoms with Gasteiger partial charge in [-0.1, -0.05) is 0 Å². The SMILES string of the molecule is Cc1nc(C2CCCN(C)C2)sc1C(F)(F)F. The maximum Gasteiger partial charge on any atom is 0.427 e. The first-order valence-corrected chi connectivity index (χ1v) is 6.42. The lowest BCUT2D eigenvalue weighted by Crippen LogP contribution is -2.30. The van der Waals surface area contributed by atoms with Crippen LogP contribution in [0.1, 0.15) is 34.3 Å². The average Bonchev–Trinajstić information content (AvgIpc) is 2.60. The van der Waals surface area contributed by atoms with E-state index in [1.807, 2.05) is 7.05 Å². The second-order valence-corrected chi connectivity index (χ2v) is 5.60. The van der Waals surface area contributed by atoms with E-state index in [-0.39, 0.29) is 11.6 Å². The molecule has 2 heterocycles. The summed E-state index contributed by atoms with van der Waals surface area (Å²) in [7, 11) is 2.00. The van der Waals surface area contributed by atoms with Crippen LogP contribution in [0.4, 0.5) is 13.2 Å². The highest BCUT2D eigenvalue weighted by Gasteiger charge is 2.36. The van der Waals surface area contributed by atoms with E-state index in [4.69, 9.17) is 0 Å². The third-order valence-corrected chi connectivity index (χ3v) is 4.41. The Kier molecular flexibility index (Phi) is 3.45. The van der Waals surface area contributed by atoms with Crippen molar-refractivity contribution in [1.29, 1.82) is 0 Å². The predicted octanol–water partition coefficient (Wildman–Crippen LogP) is 3.28. The lowest BCUT2D eigenvalue weighted by atomic mass is 9.99. The molecule has 1 unspecified atom stereocenters. The van der Waals surface area contributed by atoms with Gasteiger partial charge in [0.1, 0.15) is 4.88 Å². The second-order valence-electron chi connectivity index (χ2n) is 4.57. The largest absolute Gasteiger partial charge is 0.427 e. The van der Waals surface area contributed by atoms with Crippen LogP contribution in [0.15, 0.2) is 0 Å². The maximum absolute atomic E-state index is 12.7. The topological polar surface area (TPSA) is 16.1 Å². The first kappa shape index (κ1) is 12.8. The van der Waals surface area contributed by atoms with Gasteiger partial charge < -0.3 is 4.90 Å². The van der Waals surface area contributed by atoms with Crippen molar-refractivity contribution in [2.75, 3.05) is 20.1 Å². The van der Waals surface area contributed by atoms with Gasteiger partial charge >= 0.3 is 6.18 Å². The quantitative estimate of drug-likeness (QED) is 0.774. The number of halogens is 3. The third-order valence-electron chi connectivity index (χ3n) is 3.04. The normalized spacial score (nSPS) is 23.0. The Morgan fingerprint density at radius 3 is 2.65 bits per heavy atom. The highest BCUT2D eigenvalue weighted by atomic mass is 32.1. The van der Waals surface area contributed by atoms with Crippen molar-refractivity contribution in [2.45, 2.75) is 31.9 Å². The van der Waals surface area contributed by atoms with Crippen molar-refractivity contribution in [3.8, 4) is 0 Å². The van der Waals surface area contributed by atoms with Crippen LogP contribution in [0.3, 0.4) is 0 Å². The molecular weight excluding hydrogens is 249 g/mol. The zero-order valence-corrected chi connectivity index (χ0v) is 10.7. The van der Waals surface area contributed by atoms with Crippen molar-refractivity contribution in [1.82, 2.24) is 9.88 Å². The Labute approximate surface area is 102 Å². The molecule has 96 valence electrons. The number of aromatic nitrogens is 1. The summed E-state index contributed by atoms with van der Waals surface area (Å²) in [6.45, 7) is 3.27. The molecule has 1 fully saturated rings. The summed E-state index contributed by atoms with van der Waals surface area (Å²) >= 11 is 0.812. The van der Waals surface area contributed by atoms with Gasteiger partial charge in [0, 0.05) is 12.5 Å². The van der Waals surface area contributed by atoms with Crippen LogP contribution in [0, 0.1) is 6.92 Å². The van der Waals surface area contributed by atoms with Crippen LogP contribution < -0.4 is 0 Å². The summed E-state index contributed by atoms with van der Waals surface area (Å²) in [5.41, 5.74) is 0.116. The molecule has 2 nitrogen and oxygen atoms in total. The molecular formula is C11H15F3N2S. The van der Waals surface area contributed by atoms with Gasteiger partial charge in [0.2, 0.25) is 0 Å². The number of hydrogen-bond acceptors (Lipinski definition) is 3. The number of hydrogen-bond donors (Lipinski definition) is 0. The molecule has 1 aliphatic rings. The molecule has 6 heteroatoms. The van der Waals surface area contributed by atoms with Crippen LogP contribution in [0.25, 0.3) is 0 Å². The summed E-state index contributed by atoms with van der Waals surface area (Å²) in [6, 6.07) is 0. The molecule has 0 aliphatic carbocycles. The number of piperidine rings is 1. The van der Waals surface area contributed by atoms with E-state index in [0.717, 1.165) is 37.3 Å². The van der Waals surface area contributed by atoms with Crippen molar-refractivity contribution in [3.63, 3.8) is 0 Å². The van der Waals surface area contributed by atoms with Crippen LogP contribution >= 0.6 is 11.3 Å². The first-order valence-electron chi connectivity index (χ1n) is 5.61. The summed E-state index contributed by atoms with van der Waals surface area (Å²) in [6.07, 6.45) is -2.30. The summed E-state index contributed by atoms with van der Waals surface area (Å²) in [4.78, 5) is 5.72. The molecule has 1 saturated heterocycles. The molecule has 1 atom stereocenters. The van der Waals surface area contributed by atoms with Crippen LogP contribution in [-0.2, 0) is 6.18 Å². The monoisotopic (exact) mass is 264 g/mol. The van der Waals surface area contributed by atoms with Crippen molar-refractivity contribution in [3.05, 3.63) is 15.6 Å². The van der Waals surface area contributed by atoms with E-state index in [9.17, 15) is 13.2 Å². The summed E-state index contributed by atoms with van der Waals surface area (Å²) in [5, 5.41) is 0.640. The minimum Gasteiger partial charge on any atom is -0.306 e. The average molecular weight is 264 g/mol. The van der Waals surface area contributed by atoms with Crippen LogP contribution in [0.5, 0.6) is 0 Å². The number of likely N-dealkylation sites (N-methyl/N-ethyl adjacent to an activating group) is 1. The fraction of sp³-hybridized carbons (Fsp3) is 0.727. The van der Waals surface area contributed by atoms with Crippen molar-refractivity contribution in [2.24, 2.45) is 0 Å². The van der Waals surface area contributed by atoms with E-state index < -0.39 is 11.1 Å². The predicted molar refractivity (Wildman–Crippen MR) is 61.3 cm³/mol. The number of nitrogens with zero attached hydrogens (tertiary/aromatic N) is 2. The van der Waals surface area contributed by atoms with Gasteiger partial charge in [0.05, 0.1) is 10.7 Å². The highest BCUT2D eigenvalue weighted by Crippen LogP contribution is 2.39. The van der Waals surface area contributed by atoms with Crippen LogP contribution in [-0.4, -0.2) is 30.0 Å². The van der Waals surface area contributed by atoms with Gasteiger partial charge in [-0.2, -0.15) is 13.2 Å². The Balaban J connectivity index is 2.22. The smallest absolute Gasteiger partial charge is 0.306 e. The molecule has 0 aromatic carbocycles. The lowest BCUT2D eigenvalue weighted by molar-refractivity contribution is -0.134. The molecule has 1 aliphatic heterocycles. The third kappa shape index (κ3) is 2.80. The second kappa shape index (κ2) is 4.57. The number of alkyl halides is 3. The van der Waals surface area contributed by atoms with E-state index in [0.29, 0.717) is 5.01 Å². The van der Waals surface area contributed by atoms with Gasteiger partial charge in [-0.25, -0.2) is 4.98 Å². The fourth-order valence-corrected chi connectivity index (χ4v) is 3.28. The molecule has 1 aromatic heterocycles. The van der Waals surface area contributed by atoms with Gasteiger partial charge in [-0.3, -0.25) is 0 Å². The molecule has 0 N–H and O–H groups in total. The van der Waals surface area contributed by atoms with Crippen LogP contribution in [0.2, 0.25) is 0 Å². The fourth-order valence-electron chi connectivity index (χ4n) is 2.22. The van der Waals surface area contributed by atoms with E-state index >= 15 is 0 Å². The standard InChI is InChI=1S/C11H15F3N2S/c1-7-9(11(12,13)14)17-10(15-7)8-4-3-5-16(2)6-8/h8H,3-6H2,1-2H3. The first-order chi connectivity index (χ1) is 7.88. The van der Waals surface area contributed by atoms with E-state index in [1.54, 1.807) is 0 Å². The molecule has 0 bridgehead atoms. The Morgan fingerprint density at radius 2 is 2.12 bits per heavy atom. The van der Waals surface area contributed by atoms with Gasteiger partial charge in [-0.15, -0.1) is 11.3 Å².